The Labute approximate surface area is 142 Å². The van der Waals surface area contributed by atoms with Crippen LogP contribution < -0.4 is 0 Å². The van der Waals surface area contributed by atoms with Crippen molar-refractivity contribution in [1.29, 1.82) is 0 Å². The Bertz CT molecular complexity index is 703. The Hall–Kier alpha value is -2.17. The first-order valence-electron chi connectivity index (χ1n) is 8.95. The molecule has 0 bridgehead atoms. The number of benzene rings is 1. The van der Waals surface area contributed by atoms with Gasteiger partial charge in [0.1, 0.15) is 6.54 Å². The summed E-state index contributed by atoms with van der Waals surface area (Å²) < 4.78 is 1.70. The zero-order chi connectivity index (χ0) is 16.5. The van der Waals surface area contributed by atoms with Gasteiger partial charge in [0, 0.05) is 18.7 Å². The molecule has 1 aromatic carbocycles. The standard InChI is InChI=1S/C19H24N4O/c1-14(16-5-3-2-4-6-16)23(11-15-7-8-15)19(24)13-22-12-18(20-21-22)17-9-10-17/h2-6,12,14-15,17H,7-11,13H2,1H3/t14-/m0/s1. The third kappa shape index (κ3) is 3.50. The zero-order valence-electron chi connectivity index (χ0n) is 14.1. The van der Waals surface area contributed by atoms with Gasteiger partial charge in [-0.15, -0.1) is 5.10 Å². The molecule has 2 saturated carbocycles. The van der Waals surface area contributed by atoms with Crippen LogP contribution >= 0.6 is 0 Å². The maximum atomic E-state index is 12.9. The zero-order valence-corrected chi connectivity index (χ0v) is 14.1. The van der Waals surface area contributed by atoms with E-state index in [0.717, 1.165) is 12.2 Å². The molecule has 5 heteroatoms. The molecule has 4 rings (SSSR count). The Morgan fingerprint density at radius 2 is 2.00 bits per heavy atom. The van der Waals surface area contributed by atoms with Crippen LogP contribution in [0.15, 0.2) is 36.5 Å². The van der Waals surface area contributed by atoms with Crippen molar-refractivity contribution in [3.05, 3.63) is 47.8 Å². The fourth-order valence-electron chi connectivity index (χ4n) is 3.15. The van der Waals surface area contributed by atoms with E-state index >= 15 is 0 Å². The number of carbonyl (C=O) groups excluding carboxylic acids is 1. The summed E-state index contributed by atoms with van der Waals surface area (Å²) in [6.45, 7) is 3.25. The van der Waals surface area contributed by atoms with E-state index in [9.17, 15) is 4.79 Å². The predicted molar refractivity (Wildman–Crippen MR) is 91.3 cm³/mol. The normalized spacial score (nSPS) is 18.4. The second-order valence-electron chi connectivity index (χ2n) is 7.19. The number of carbonyl (C=O) groups is 1. The molecule has 2 fully saturated rings. The second kappa shape index (κ2) is 6.38. The van der Waals surface area contributed by atoms with Crippen LogP contribution in [-0.2, 0) is 11.3 Å². The average Bonchev–Trinajstić information content (AvgIpc) is 3.53. The number of rotatable bonds is 7. The van der Waals surface area contributed by atoms with Gasteiger partial charge in [-0.25, -0.2) is 4.68 Å². The lowest BCUT2D eigenvalue weighted by atomic mass is 10.1. The molecule has 1 atom stereocenters. The van der Waals surface area contributed by atoms with Crippen molar-refractivity contribution >= 4 is 5.91 Å². The molecule has 24 heavy (non-hydrogen) atoms. The number of hydrogen-bond donors (Lipinski definition) is 0. The molecule has 5 nitrogen and oxygen atoms in total. The van der Waals surface area contributed by atoms with Crippen LogP contribution in [0, 0.1) is 5.92 Å². The molecule has 2 aliphatic rings. The number of aromatic nitrogens is 3. The van der Waals surface area contributed by atoms with E-state index in [-0.39, 0.29) is 18.5 Å². The number of amides is 1. The second-order valence-corrected chi connectivity index (χ2v) is 7.19. The van der Waals surface area contributed by atoms with E-state index in [1.807, 2.05) is 29.3 Å². The van der Waals surface area contributed by atoms with Crippen molar-refractivity contribution in [2.24, 2.45) is 5.92 Å². The minimum atomic E-state index is 0.0886. The molecule has 0 N–H and O–H groups in total. The molecule has 0 saturated heterocycles. The predicted octanol–water partition coefficient (Wildman–Crippen LogP) is 3.16. The van der Waals surface area contributed by atoms with E-state index in [2.05, 4.69) is 29.4 Å². The van der Waals surface area contributed by atoms with Crippen LogP contribution in [0.4, 0.5) is 0 Å². The molecule has 2 aliphatic carbocycles. The lowest BCUT2D eigenvalue weighted by molar-refractivity contribution is -0.134. The van der Waals surface area contributed by atoms with Gasteiger partial charge in [-0.3, -0.25) is 4.79 Å². The van der Waals surface area contributed by atoms with Crippen molar-refractivity contribution in [3.63, 3.8) is 0 Å². The highest BCUT2D eigenvalue weighted by Crippen LogP contribution is 2.38. The van der Waals surface area contributed by atoms with Crippen LogP contribution in [0.2, 0.25) is 0 Å². The highest BCUT2D eigenvalue weighted by Gasteiger charge is 2.31. The maximum absolute atomic E-state index is 12.9. The minimum absolute atomic E-state index is 0.0886. The number of hydrogen-bond acceptors (Lipinski definition) is 3. The van der Waals surface area contributed by atoms with Gasteiger partial charge in [-0.2, -0.15) is 0 Å². The quantitative estimate of drug-likeness (QED) is 0.786. The molecule has 1 aromatic heterocycles. The third-order valence-corrected chi connectivity index (χ3v) is 5.07. The lowest BCUT2D eigenvalue weighted by Crippen LogP contribution is -2.37. The fourth-order valence-corrected chi connectivity index (χ4v) is 3.15. The number of nitrogens with zero attached hydrogens (tertiary/aromatic N) is 4. The summed E-state index contributed by atoms with van der Waals surface area (Å²) in [4.78, 5) is 14.9. The minimum Gasteiger partial charge on any atom is -0.334 e. The first kappa shape index (κ1) is 15.4. The molecule has 1 heterocycles. The van der Waals surface area contributed by atoms with Gasteiger partial charge in [0.05, 0.1) is 11.7 Å². The van der Waals surface area contributed by atoms with Gasteiger partial charge in [0.15, 0.2) is 0 Å². The summed E-state index contributed by atoms with van der Waals surface area (Å²) in [5.74, 6) is 1.36. The third-order valence-electron chi connectivity index (χ3n) is 5.07. The molecule has 0 spiro atoms. The lowest BCUT2D eigenvalue weighted by Gasteiger charge is -2.30. The first-order valence-corrected chi connectivity index (χ1v) is 8.95. The Morgan fingerprint density at radius 1 is 1.25 bits per heavy atom. The van der Waals surface area contributed by atoms with Crippen LogP contribution in [0.3, 0.4) is 0 Å². The highest BCUT2D eigenvalue weighted by atomic mass is 16.2. The van der Waals surface area contributed by atoms with E-state index < -0.39 is 0 Å². The van der Waals surface area contributed by atoms with Gasteiger partial charge in [0.2, 0.25) is 5.91 Å². The molecular formula is C19H24N4O. The Kier molecular flexibility index (Phi) is 4.08. The van der Waals surface area contributed by atoms with E-state index in [1.165, 1.54) is 31.2 Å². The molecule has 2 aromatic rings. The molecule has 0 unspecified atom stereocenters. The maximum Gasteiger partial charge on any atom is 0.244 e. The van der Waals surface area contributed by atoms with E-state index in [1.54, 1.807) is 4.68 Å². The first-order chi connectivity index (χ1) is 11.7. The Morgan fingerprint density at radius 3 is 2.67 bits per heavy atom. The summed E-state index contributed by atoms with van der Waals surface area (Å²) in [5.41, 5.74) is 2.22. The molecular weight excluding hydrogens is 300 g/mol. The topological polar surface area (TPSA) is 51.0 Å². The van der Waals surface area contributed by atoms with Gasteiger partial charge >= 0.3 is 0 Å². The monoisotopic (exact) mass is 324 g/mol. The van der Waals surface area contributed by atoms with Gasteiger partial charge < -0.3 is 4.90 Å². The van der Waals surface area contributed by atoms with Gasteiger partial charge in [0.25, 0.3) is 0 Å². The van der Waals surface area contributed by atoms with Crippen molar-refractivity contribution in [2.45, 2.75) is 51.1 Å². The van der Waals surface area contributed by atoms with Crippen molar-refractivity contribution in [3.8, 4) is 0 Å². The van der Waals surface area contributed by atoms with E-state index in [0.29, 0.717) is 11.8 Å². The van der Waals surface area contributed by atoms with Crippen LogP contribution in [0.25, 0.3) is 0 Å². The summed E-state index contributed by atoms with van der Waals surface area (Å²) in [7, 11) is 0. The van der Waals surface area contributed by atoms with E-state index in [4.69, 9.17) is 0 Å². The highest BCUT2D eigenvalue weighted by molar-refractivity contribution is 5.76. The fraction of sp³-hybridized carbons (Fsp3) is 0.526. The molecule has 0 aliphatic heterocycles. The largest absolute Gasteiger partial charge is 0.334 e. The smallest absolute Gasteiger partial charge is 0.244 e. The van der Waals surface area contributed by atoms with Crippen molar-refractivity contribution < 1.29 is 4.79 Å². The van der Waals surface area contributed by atoms with Crippen molar-refractivity contribution in [2.75, 3.05) is 6.54 Å². The molecule has 1 amide bonds. The Balaban J connectivity index is 1.47. The van der Waals surface area contributed by atoms with Crippen LogP contribution in [0.1, 0.15) is 55.8 Å². The molecule has 0 radical (unpaired) electrons. The molecule has 126 valence electrons. The summed E-state index contributed by atoms with van der Waals surface area (Å²) in [6.07, 6.45) is 6.82. The van der Waals surface area contributed by atoms with Gasteiger partial charge in [-0.05, 0) is 44.1 Å². The summed E-state index contributed by atoms with van der Waals surface area (Å²) in [5, 5.41) is 8.35. The SMILES string of the molecule is C[C@@H](c1ccccc1)N(CC1CC1)C(=O)Cn1cc(C2CC2)nn1. The summed E-state index contributed by atoms with van der Waals surface area (Å²) in [6, 6.07) is 10.4. The van der Waals surface area contributed by atoms with Gasteiger partial charge in [-0.1, -0.05) is 35.5 Å². The summed E-state index contributed by atoms with van der Waals surface area (Å²) >= 11 is 0. The average molecular weight is 324 g/mol. The van der Waals surface area contributed by atoms with Crippen molar-refractivity contribution in [1.82, 2.24) is 19.9 Å². The van der Waals surface area contributed by atoms with Crippen LogP contribution in [0.5, 0.6) is 0 Å². The van der Waals surface area contributed by atoms with Crippen LogP contribution in [-0.4, -0.2) is 32.3 Å².